The average molecular weight is 362 g/mol. The number of aryl methyl sites for hydroxylation is 2. The van der Waals surface area contributed by atoms with Gasteiger partial charge in [-0.3, -0.25) is 4.79 Å². The minimum absolute atomic E-state index is 0.256. The van der Waals surface area contributed by atoms with Crippen LogP contribution in [0.3, 0.4) is 0 Å². The van der Waals surface area contributed by atoms with Crippen molar-refractivity contribution in [2.24, 2.45) is 17.1 Å². The molecule has 1 saturated heterocycles. The number of nitrogens with two attached hydrogens (primary N) is 1. The van der Waals surface area contributed by atoms with E-state index in [9.17, 15) is 13.2 Å². The zero-order chi connectivity index (χ0) is 17.7. The van der Waals surface area contributed by atoms with E-state index in [1.165, 1.54) is 28.3 Å². The predicted molar refractivity (Wildman–Crippen MR) is 95.4 cm³/mol. The molecule has 136 valence electrons. The first-order chi connectivity index (χ1) is 11.9. The van der Waals surface area contributed by atoms with Crippen molar-refractivity contribution in [2.45, 2.75) is 56.3 Å². The fraction of sp³-hybridized carbons (Fsp3) is 0.632. The minimum Gasteiger partial charge on any atom is -0.369 e. The first-order valence-corrected chi connectivity index (χ1v) is 10.8. The fourth-order valence-corrected chi connectivity index (χ4v) is 5.93. The summed E-state index contributed by atoms with van der Waals surface area (Å²) in [4.78, 5) is 12.4. The molecule has 0 spiro atoms. The lowest BCUT2D eigenvalue weighted by atomic mass is 9.74. The molecule has 2 aliphatic carbocycles. The topological polar surface area (TPSA) is 80.5 Å². The number of rotatable bonds is 5. The minimum atomic E-state index is -3.49. The number of hydrogen-bond acceptors (Lipinski definition) is 3. The summed E-state index contributed by atoms with van der Waals surface area (Å²) in [5.74, 6) is 0.348. The van der Waals surface area contributed by atoms with Gasteiger partial charge in [0.15, 0.2) is 0 Å². The first-order valence-electron chi connectivity index (χ1n) is 9.33. The maximum absolute atomic E-state index is 13.0. The van der Waals surface area contributed by atoms with Gasteiger partial charge in [-0.2, -0.15) is 4.31 Å². The number of fused-ring (bicyclic) bond motifs is 1. The molecule has 3 aliphatic rings. The highest BCUT2D eigenvalue weighted by molar-refractivity contribution is 7.89. The van der Waals surface area contributed by atoms with Crippen LogP contribution in [0.4, 0.5) is 0 Å². The van der Waals surface area contributed by atoms with Crippen molar-refractivity contribution in [3.63, 3.8) is 0 Å². The Hall–Kier alpha value is -1.40. The maximum atomic E-state index is 13.0. The van der Waals surface area contributed by atoms with E-state index in [1.807, 2.05) is 12.1 Å². The van der Waals surface area contributed by atoms with Gasteiger partial charge in [0.2, 0.25) is 15.9 Å². The first kappa shape index (κ1) is 17.0. The molecular weight excluding hydrogens is 336 g/mol. The molecule has 6 heteroatoms. The Morgan fingerprint density at radius 3 is 2.48 bits per heavy atom. The number of benzene rings is 1. The van der Waals surface area contributed by atoms with Crippen molar-refractivity contribution in [3.8, 4) is 0 Å². The van der Waals surface area contributed by atoms with Crippen LogP contribution in [0, 0.1) is 11.3 Å². The fourth-order valence-electron chi connectivity index (χ4n) is 4.44. The lowest BCUT2D eigenvalue weighted by Crippen LogP contribution is -2.49. The molecule has 0 bridgehead atoms. The number of primary amides is 1. The standard InChI is InChI=1S/C19H26N2O3S/c20-18(22)19(13-14-4-5-14)8-10-21(11-9-19)25(23,24)17-7-6-15-2-1-3-16(15)12-17/h6-7,12,14H,1-5,8-11,13H2,(H2,20,22). The normalized spacial score (nSPS) is 23.4. The van der Waals surface area contributed by atoms with E-state index in [1.54, 1.807) is 6.07 Å². The van der Waals surface area contributed by atoms with Gasteiger partial charge in [0.05, 0.1) is 10.3 Å². The number of hydrogen-bond donors (Lipinski definition) is 1. The van der Waals surface area contributed by atoms with Gasteiger partial charge in [-0.05, 0) is 67.7 Å². The summed E-state index contributed by atoms with van der Waals surface area (Å²) in [6.45, 7) is 0.768. The van der Waals surface area contributed by atoms with Crippen molar-refractivity contribution in [3.05, 3.63) is 29.3 Å². The van der Waals surface area contributed by atoms with Gasteiger partial charge >= 0.3 is 0 Å². The Balaban J connectivity index is 1.52. The molecule has 2 N–H and O–H groups in total. The van der Waals surface area contributed by atoms with Crippen LogP contribution in [0.5, 0.6) is 0 Å². The molecule has 1 aromatic rings. The molecule has 0 radical (unpaired) electrons. The summed E-state index contributed by atoms with van der Waals surface area (Å²) in [7, 11) is -3.49. The van der Waals surface area contributed by atoms with Crippen molar-refractivity contribution < 1.29 is 13.2 Å². The lowest BCUT2D eigenvalue weighted by Gasteiger charge is -2.39. The van der Waals surface area contributed by atoms with Crippen LogP contribution in [0.2, 0.25) is 0 Å². The second kappa shape index (κ2) is 6.09. The summed E-state index contributed by atoms with van der Waals surface area (Å²) < 4.78 is 27.6. The predicted octanol–water partition coefficient (Wildman–Crippen LogP) is 2.23. The third-order valence-corrected chi connectivity index (χ3v) is 8.18. The van der Waals surface area contributed by atoms with Gasteiger partial charge < -0.3 is 5.73 Å². The van der Waals surface area contributed by atoms with Crippen molar-refractivity contribution in [1.82, 2.24) is 4.31 Å². The van der Waals surface area contributed by atoms with E-state index in [2.05, 4.69) is 0 Å². The molecular formula is C19H26N2O3S. The Bertz CT molecular complexity index is 791. The number of piperidine rings is 1. The van der Waals surface area contributed by atoms with Crippen molar-refractivity contribution in [1.29, 1.82) is 0 Å². The SMILES string of the molecule is NC(=O)C1(CC2CC2)CCN(S(=O)(=O)c2ccc3c(c2)CCC3)CC1. The van der Waals surface area contributed by atoms with E-state index < -0.39 is 15.4 Å². The number of carbonyl (C=O) groups is 1. The maximum Gasteiger partial charge on any atom is 0.243 e. The summed E-state index contributed by atoms with van der Waals surface area (Å²) >= 11 is 0. The smallest absolute Gasteiger partial charge is 0.243 e. The monoisotopic (exact) mass is 362 g/mol. The van der Waals surface area contributed by atoms with Gasteiger partial charge in [0.25, 0.3) is 0 Å². The summed E-state index contributed by atoms with van der Waals surface area (Å²) in [5, 5.41) is 0. The number of nitrogens with zero attached hydrogens (tertiary/aromatic N) is 1. The van der Waals surface area contributed by atoms with Crippen LogP contribution in [0.15, 0.2) is 23.1 Å². The van der Waals surface area contributed by atoms with E-state index >= 15 is 0 Å². The van der Waals surface area contributed by atoms with Crippen LogP contribution in [-0.4, -0.2) is 31.7 Å². The van der Waals surface area contributed by atoms with Gasteiger partial charge in [-0.1, -0.05) is 18.9 Å². The molecule has 1 aromatic carbocycles. The number of amides is 1. The van der Waals surface area contributed by atoms with Gasteiger partial charge in [-0.25, -0.2) is 8.42 Å². The second-order valence-corrected chi connectivity index (χ2v) is 9.92. The molecule has 0 atom stereocenters. The summed E-state index contributed by atoms with van der Waals surface area (Å²) in [6.07, 6.45) is 7.37. The van der Waals surface area contributed by atoms with Crippen LogP contribution < -0.4 is 5.73 Å². The highest BCUT2D eigenvalue weighted by Crippen LogP contribution is 2.46. The van der Waals surface area contributed by atoms with Crippen molar-refractivity contribution >= 4 is 15.9 Å². The van der Waals surface area contributed by atoms with E-state index in [0.29, 0.717) is 36.7 Å². The zero-order valence-corrected chi connectivity index (χ0v) is 15.4. The quantitative estimate of drug-likeness (QED) is 0.872. The Morgan fingerprint density at radius 1 is 1.16 bits per heavy atom. The van der Waals surface area contributed by atoms with E-state index in [4.69, 9.17) is 5.73 Å². The number of sulfonamides is 1. The van der Waals surface area contributed by atoms with E-state index in [-0.39, 0.29) is 5.91 Å². The Kier molecular flexibility index (Phi) is 4.15. The summed E-state index contributed by atoms with van der Waals surface area (Å²) in [6, 6.07) is 5.54. The highest BCUT2D eigenvalue weighted by Gasteiger charge is 2.45. The molecule has 1 heterocycles. The third kappa shape index (κ3) is 3.10. The third-order valence-electron chi connectivity index (χ3n) is 6.29. The van der Waals surface area contributed by atoms with Crippen molar-refractivity contribution in [2.75, 3.05) is 13.1 Å². The molecule has 5 nitrogen and oxygen atoms in total. The van der Waals surface area contributed by atoms with Crippen LogP contribution in [0.1, 0.15) is 49.7 Å². The Morgan fingerprint density at radius 2 is 1.84 bits per heavy atom. The largest absolute Gasteiger partial charge is 0.369 e. The molecule has 0 unspecified atom stereocenters. The molecule has 25 heavy (non-hydrogen) atoms. The Labute approximate surface area is 149 Å². The molecule has 1 saturated carbocycles. The van der Waals surface area contributed by atoms with Gasteiger partial charge in [-0.15, -0.1) is 0 Å². The zero-order valence-electron chi connectivity index (χ0n) is 14.5. The molecule has 0 aromatic heterocycles. The molecule has 1 amide bonds. The highest BCUT2D eigenvalue weighted by atomic mass is 32.2. The van der Waals surface area contributed by atoms with Gasteiger partial charge in [0, 0.05) is 13.1 Å². The van der Waals surface area contributed by atoms with Crippen LogP contribution in [0.25, 0.3) is 0 Å². The molecule has 1 aliphatic heterocycles. The van der Waals surface area contributed by atoms with E-state index in [0.717, 1.165) is 25.7 Å². The summed E-state index contributed by atoms with van der Waals surface area (Å²) in [5.41, 5.74) is 7.63. The van der Waals surface area contributed by atoms with Gasteiger partial charge in [0.1, 0.15) is 0 Å². The lowest BCUT2D eigenvalue weighted by molar-refractivity contribution is -0.130. The molecule has 4 rings (SSSR count). The second-order valence-electron chi connectivity index (χ2n) is 7.98. The molecule has 2 fully saturated rings. The number of carbonyl (C=O) groups excluding carboxylic acids is 1. The van der Waals surface area contributed by atoms with Crippen LogP contribution in [-0.2, 0) is 27.7 Å². The average Bonchev–Trinajstić information content (AvgIpc) is 3.27. The van der Waals surface area contributed by atoms with Crippen LogP contribution >= 0.6 is 0 Å².